The molecular weight excluding hydrogens is 144 g/mol. The minimum atomic E-state index is -2.03. The Balaban J connectivity index is 2.93. The molecule has 0 saturated heterocycles. The van der Waals surface area contributed by atoms with Gasteiger partial charge < -0.3 is 4.55 Å². The summed E-state index contributed by atoms with van der Waals surface area (Å²) in [4.78, 5) is 0. The average Bonchev–Trinajstić information content (AvgIpc) is 2.12. The van der Waals surface area contributed by atoms with Crippen LogP contribution in [-0.2, 0) is 11.1 Å². The molecule has 8 heavy (non-hydrogen) atoms. The van der Waals surface area contributed by atoms with Crippen LogP contribution in [0.4, 0.5) is 0 Å². The molecule has 1 aromatic rings. The maximum atomic E-state index is 10.1. The van der Waals surface area contributed by atoms with Gasteiger partial charge in [0.2, 0.25) is 0 Å². The fourth-order valence-electron chi connectivity index (χ4n) is 0.358. The van der Waals surface area contributed by atoms with E-state index in [0.29, 0.717) is 4.21 Å². The molecule has 0 bridgehead atoms. The van der Waals surface area contributed by atoms with Crippen LogP contribution in [0.15, 0.2) is 21.7 Å². The van der Waals surface area contributed by atoms with Gasteiger partial charge in [-0.25, -0.2) is 0 Å². The van der Waals surface area contributed by atoms with Crippen molar-refractivity contribution in [1.29, 1.82) is 0 Å². The fraction of sp³-hybridized carbons (Fsp3) is 0. The molecule has 1 heterocycles. The van der Waals surface area contributed by atoms with E-state index in [0.717, 1.165) is 0 Å². The SMILES string of the molecule is O=S([O-])c1cccs1. The summed E-state index contributed by atoms with van der Waals surface area (Å²) in [5.41, 5.74) is 0. The standard InChI is InChI=1S/C4H4O2S2/c5-8(6)4-2-1-3-7-4/h1-3H,(H,5,6)/p-1. The Morgan fingerprint density at radius 2 is 2.50 bits per heavy atom. The van der Waals surface area contributed by atoms with Gasteiger partial charge in [-0.05, 0) is 22.5 Å². The third-order valence-corrected chi connectivity index (χ3v) is 2.48. The van der Waals surface area contributed by atoms with Crippen LogP contribution in [0.5, 0.6) is 0 Å². The minimum absolute atomic E-state index is 0.394. The Labute approximate surface area is 53.4 Å². The summed E-state index contributed by atoms with van der Waals surface area (Å²) >= 11 is -0.811. The Morgan fingerprint density at radius 3 is 2.75 bits per heavy atom. The van der Waals surface area contributed by atoms with Gasteiger partial charge in [0.1, 0.15) is 0 Å². The van der Waals surface area contributed by atoms with Gasteiger partial charge in [0.05, 0.1) is 4.21 Å². The highest BCUT2D eigenvalue weighted by atomic mass is 32.2. The molecule has 0 spiro atoms. The third kappa shape index (κ3) is 1.15. The van der Waals surface area contributed by atoms with Crippen molar-refractivity contribution in [2.24, 2.45) is 0 Å². The van der Waals surface area contributed by atoms with Crippen molar-refractivity contribution < 1.29 is 8.76 Å². The Kier molecular flexibility index (Phi) is 1.77. The first kappa shape index (κ1) is 5.94. The number of rotatable bonds is 1. The number of thiophene rings is 1. The van der Waals surface area contributed by atoms with Crippen molar-refractivity contribution in [2.75, 3.05) is 0 Å². The molecule has 0 radical (unpaired) electrons. The quantitative estimate of drug-likeness (QED) is 0.556. The smallest absolute Gasteiger partial charge is 0.0771 e. The molecular formula is C4H3O2S2-. The molecule has 0 aromatic carbocycles. The fourth-order valence-corrected chi connectivity index (χ4v) is 1.48. The maximum Gasteiger partial charge on any atom is 0.0771 e. The van der Waals surface area contributed by atoms with E-state index in [-0.39, 0.29) is 0 Å². The second kappa shape index (κ2) is 2.39. The monoisotopic (exact) mass is 147 g/mol. The second-order valence-corrected chi connectivity index (χ2v) is 3.28. The van der Waals surface area contributed by atoms with Crippen molar-refractivity contribution in [3.63, 3.8) is 0 Å². The normalized spacial score (nSPS) is 13.6. The van der Waals surface area contributed by atoms with E-state index in [2.05, 4.69) is 0 Å². The number of hydrogen-bond acceptors (Lipinski definition) is 3. The van der Waals surface area contributed by atoms with Crippen LogP contribution >= 0.6 is 11.3 Å². The van der Waals surface area contributed by atoms with Gasteiger partial charge in [-0.1, -0.05) is 6.07 Å². The van der Waals surface area contributed by atoms with E-state index in [1.807, 2.05) is 0 Å². The summed E-state index contributed by atoms with van der Waals surface area (Å²) in [5, 5.41) is 1.73. The maximum absolute atomic E-state index is 10.1. The van der Waals surface area contributed by atoms with Crippen LogP contribution in [0, 0.1) is 0 Å². The molecule has 0 fully saturated rings. The highest BCUT2D eigenvalue weighted by molar-refractivity contribution is 7.81. The summed E-state index contributed by atoms with van der Waals surface area (Å²) in [5.74, 6) is 0. The molecule has 44 valence electrons. The van der Waals surface area contributed by atoms with Crippen molar-refractivity contribution >= 4 is 22.4 Å². The molecule has 0 N–H and O–H groups in total. The van der Waals surface area contributed by atoms with E-state index < -0.39 is 11.1 Å². The molecule has 0 aliphatic rings. The molecule has 1 atom stereocenters. The number of hydrogen-bond donors (Lipinski definition) is 0. The van der Waals surface area contributed by atoms with Crippen molar-refractivity contribution in [3.8, 4) is 0 Å². The van der Waals surface area contributed by atoms with Crippen LogP contribution in [-0.4, -0.2) is 8.76 Å². The molecule has 1 aromatic heterocycles. The summed E-state index contributed by atoms with van der Waals surface area (Å²) < 4.78 is 20.5. The molecule has 0 amide bonds. The summed E-state index contributed by atoms with van der Waals surface area (Å²) in [6.07, 6.45) is 0. The van der Waals surface area contributed by atoms with Crippen LogP contribution in [0.1, 0.15) is 0 Å². The topological polar surface area (TPSA) is 40.1 Å². The van der Waals surface area contributed by atoms with Crippen LogP contribution in [0.25, 0.3) is 0 Å². The largest absolute Gasteiger partial charge is 0.768 e. The average molecular weight is 147 g/mol. The lowest BCUT2D eigenvalue weighted by molar-refractivity contribution is 0.539. The predicted octanol–water partition coefficient (Wildman–Crippen LogP) is 0.986. The van der Waals surface area contributed by atoms with Gasteiger partial charge in [0, 0.05) is 0 Å². The van der Waals surface area contributed by atoms with Crippen molar-refractivity contribution in [2.45, 2.75) is 4.21 Å². The molecule has 2 nitrogen and oxygen atoms in total. The lowest BCUT2D eigenvalue weighted by Gasteiger charge is -1.96. The Morgan fingerprint density at radius 1 is 1.75 bits per heavy atom. The van der Waals surface area contributed by atoms with Gasteiger partial charge in [-0.15, -0.1) is 11.3 Å². The van der Waals surface area contributed by atoms with E-state index in [1.165, 1.54) is 11.3 Å². The molecule has 0 saturated carbocycles. The summed E-state index contributed by atoms with van der Waals surface area (Å²) in [7, 11) is 0. The zero-order chi connectivity index (χ0) is 5.98. The van der Waals surface area contributed by atoms with E-state index >= 15 is 0 Å². The van der Waals surface area contributed by atoms with E-state index in [9.17, 15) is 8.76 Å². The molecule has 4 heteroatoms. The van der Waals surface area contributed by atoms with Gasteiger partial charge in [-0.3, -0.25) is 4.21 Å². The zero-order valence-electron chi connectivity index (χ0n) is 3.87. The lowest BCUT2D eigenvalue weighted by Crippen LogP contribution is -1.80. The van der Waals surface area contributed by atoms with Gasteiger partial charge in [0.25, 0.3) is 0 Å². The Hall–Kier alpha value is -0.190. The molecule has 0 aliphatic heterocycles. The highest BCUT2D eigenvalue weighted by Crippen LogP contribution is 2.10. The molecule has 1 unspecified atom stereocenters. The van der Waals surface area contributed by atoms with E-state index in [4.69, 9.17) is 0 Å². The predicted molar refractivity (Wildman–Crippen MR) is 31.5 cm³/mol. The first-order valence-electron chi connectivity index (χ1n) is 1.93. The zero-order valence-corrected chi connectivity index (χ0v) is 5.50. The lowest BCUT2D eigenvalue weighted by atomic mass is 10.7. The van der Waals surface area contributed by atoms with Crippen molar-refractivity contribution in [1.82, 2.24) is 0 Å². The van der Waals surface area contributed by atoms with Gasteiger partial charge in [0.15, 0.2) is 0 Å². The van der Waals surface area contributed by atoms with Gasteiger partial charge >= 0.3 is 0 Å². The second-order valence-electron chi connectivity index (χ2n) is 1.17. The van der Waals surface area contributed by atoms with E-state index in [1.54, 1.807) is 17.5 Å². The van der Waals surface area contributed by atoms with Crippen LogP contribution < -0.4 is 0 Å². The third-order valence-electron chi connectivity index (χ3n) is 0.659. The minimum Gasteiger partial charge on any atom is -0.768 e. The molecule has 1 rings (SSSR count). The summed E-state index contributed by atoms with van der Waals surface area (Å²) in [6.45, 7) is 0. The van der Waals surface area contributed by atoms with Crippen LogP contribution in [0.3, 0.4) is 0 Å². The first-order valence-corrected chi connectivity index (χ1v) is 3.89. The van der Waals surface area contributed by atoms with Crippen molar-refractivity contribution in [3.05, 3.63) is 17.5 Å². The first-order chi connectivity index (χ1) is 3.80. The van der Waals surface area contributed by atoms with Gasteiger partial charge in [-0.2, -0.15) is 0 Å². The summed E-state index contributed by atoms with van der Waals surface area (Å²) in [6, 6.07) is 3.27. The molecule has 0 aliphatic carbocycles. The Bertz CT molecular complexity index is 180. The van der Waals surface area contributed by atoms with Crippen LogP contribution in [0.2, 0.25) is 0 Å². The highest BCUT2D eigenvalue weighted by Gasteiger charge is 1.87.